The molecule has 2 aromatic carbocycles. The molecule has 0 spiro atoms. The minimum atomic E-state index is -0.285. The lowest BCUT2D eigenvalue weighted by molar-refractivity contribution is -0.143. The molecule has 0 aliphatic rings. The third kappa shape index (κ3) is 6.22. The van der Waals surface area contributed by atoms with Gasteiger partial charge in [0.25, 0.3) is 5.91 Å². The van der Waals surface area contributed by atoms with Gasteiger partial charge in [-0.3, -0.25) is 9.59 Å². The number of hydrogen-bond acceptors (Lipinski definition) is 3. The Morgan fingerprint density at radius 2 is 1.57 bits per heavy atom. The monoisotopic (exact) mass is 381 g/mol. The SMILES string of the molecule is CCOC(=O)CCN(Cc1ccc(C)cc1)C(=O)c1ccc(C(C)(C)C)cc1. The highest BCUT2D eigenvalue weighted by atomic mass is 16.5. The Hall–Kier alpha value is -2.62. The van der Waals surface area contributed by atoms with Gasteiger partial charge in [-0.1, -0.05) is 62.7 Å². The highest BCUT2D eigenvalue weighted by molar-refractivity contribution is 5.94. The van der Waals surface area contributed by atoms with Gasteiger partial charge in [0.2, 0.25) is 0 Å². The van der Waals surface area contributed by atoms with Crippen LogP contribution >= 0.6 is 0 Å². The number of aryl methyl sites for hydroxylation is 1. The molecule has 2 rings (SSSR count). The van der Waals surface area contributed by atoms with Crippen LogP contribution in [-0.4, -0.2) is 29.9 Å². The van der Waals surface area contributed by atoms with E-state index in [-0.39, 0.29) is 23.7 Å². The van der Waals surface area contributed by atoms with Crippen molar-refractivity contribution >= 4 is 11.9 Å². The molecule has 0 aliphatic heterocycles. The molecule has 0 N–H and O–H groups in total. The molecule has 0 heterocycles. The third-order valence-corrected chi connectivity index (χ3v) is 4.67. The maximum Gasteiger partial charge on any atom is 0.307 e. The summed E-state index contributed by atoms with van der Waals surface area (Å²) in [6.45, 7) is 11.4. The van der Waals surface area contributed by atoms with E-state index in [9.17, 15) is 9.59 Å². The molecule has 2 aromatic rings. The van der Waals surface area contributed by atoms with Crippen LogP contribution in [0.2, 0.25) is 0 Å². The van der Waals surface area contributed by atoms with Gasteiger partial charge >= 0.3 is 5.97 Å². The average Bonchev–Trinajstić information content (AvgIpc) is 2.66. The predicted molar refractivity (Wildman–Crippen MR) is 112 cm³/mol. The molecule has 0 atom stereocenters. The molecule has 0 unspecified atom stereocenters. The van der Waals surface area contributed by atoms with Crippen LogP contribution in [0.1, 0.15) is 61.2 Å². The Morgan fingerprint density at radius 1 is 0.964 bits per heavy atom. The summed E-state index contributed by atoms with van der Waals surface area (Å²) in [7, 11) is 0. The molecule has 28 heavy (non-hydrogen) atoms. The molecular formula is C24H31NO3. The van der Waals surface area contributed by atoms with Crippen molar-refractivity contribution < 1.29 is 14.3 Å². The van der Waals surface area contributed by atoms with Crippen LogP contribution in [0.5, 0.6) is 0 Å². The number of rotatable bonds is 7. The van der Waals surface area contributed by atoms with Gasteiger partial charge in [-0.25, -0.2) is 0 Å². The second-order valence-corrected chi connectivity index (χ2v) is 8.09. The molecule has 150 valence electrons. The highest BCUT2D eigenvalue weighted by Gasteiger charge is 2.19. The zero-order valence-corrected chi connectivity index (χ0v) is 17.6. The maximum absolute atomic E-state index is 13.1. The van der Waals surface area contributed by atoms with Gasteiger partial charge in [-0.15, -0.1) is 0 Å². The first-order valence-electron chi connectivity index (χ1n) is 9.81. The highest BCUT2D eigenvalue weighted by Crippen LogP contribution is 2.23. The lowest BCUT2D eigenvalue weighted by atomic mass is 9.86. The van der Waals surface area contributed by atoms with Crippen LogP contribution in [0, 0.1) is 6.92 Å². The summed E-state index contributed by atoms with van der Waals surface area (Å²) in [4.78, 5) is 26.6. The van der Waals surface area contributed by atoms with E-state index in [4.69, 9.17) is 4.74 Å². The number of carbonyl (C=O) groups excluding carboxylic acids is 2. The van der Waals surface area contributed by atoms with E-state index < -0.39 is 0 Å². The van der Waals surface area contributed by atoms with E-state index in [1.165, 1.54) is 11.1 Å². The Bertz CT molecular complexity index is 786. The average molecular weight is 382 g/mol. The van der Waals surface area contributed by atoms with Gasteiger partial charge in [-0.05, 0) is 42.5 Å². The number of hydrogen-bond donors (Lipinski definition) is 0. The zero-order chi connectivity index (χ0) is 20.7. The van der Waals surface area contributed by atoms with Crippen molar-refractivity contribution in [3.05, 3.63) is 70.8 Å². The minimum absolute atomic E-state index is 0.0348. The van der Waals surface area contributed by atoms with Crippen LogP contribution in [-0.2, 0) is 21.5 Å². The summed E-state index contributed by atoms with van der Waals surface area (Å²) in [5, 5.41) is 0. The Balaban J connectivity index is 2.19. The number of ether oxygens (including phenoxy) is 1. The molecule has 0 saturated carbocycles. The molecule has 4 nitrogen and oxygen atoms in total. The van der Waals surface area contributed by atoms with Crippen molar-refractivity contribution in [1.82, 2.24) is 4.90 Å². The summed E-state index contributed by atoms with van der Waals surface area (Å²) in [5.74, 6) is -0.363. The molecule has 0 fully saturated rings. The molecule has 1 amide bonds. The summed E-state index contributed by atoms with van der Waals surface area (Å²) >= 11 is 0. The lowest BCUT2D eigenvalue weighted by Crippen LogP contribution is -2.33. The fourth-order valence-corrected chi connectivity index (χ4v) is 2.92. The van der Waals surface area contributed by atoms with Gasteiger partial charge in [-0.2, -0.15) is 0 Å². The number of amides is 1. The van der Waals surface area contributed by atoms with Crippen LogP contribution in [0.15, 0.2) is 48.5 Å². The lowest BCUT2D eigenvalue weighted by Gasteiger charge is -2.24. The summed E-state index contributed by atoms with van der Waals surface area (Å²) < 4.78 is 5.02. The standard InChI is InChI=1S/C24H31NO3/c1-6-28-22(26)15-16-25(17-19-9-7-18(2)8-10-19)23(27)20-11-13-21(14-12-20)24(3,4)5/h7-14H,6,15-17H2,1-5H3. The summed E-state index contributed by atoms with van der Waals surface area (Å²) in [6, 6.07) is 15.8. The molecule has 0 aromatic heterocycles. The van der Waals surface area contributed by atoms with Crippen molar-refractivity contribution in [3.8, 4) is 0 Å². The van der Waals surface area contributed by atoms with E-state index in [2.05, 4.69) is 20.8 Å². The largest absolute Gasteiger partial charge is 0.466 e. The van der Waals surface area contributed by atoms with Gasteiger partial charge < -0.3 is 9.64 Å². The van der Waals surface area contributed by atoms with E-state index in [1.54, 1.807) is 11.8 Å². The first-order valence-corrected chi connectivity index (χ1v) is 9.81. The number of nitrogens with zero attached hydrogens (tertiary/aromatic N) is 1. The third-order valence-electron chi connectivity index (χ3n) is 4.67. The van der Waals surface area contributed by atoms with E-state index in [1.807, 2.05) is 55.5 Å². The first kappa shape index (κ1) is 21.7. The van der Waals surface area contributed by atoms with Crippen LogP contribution < -0.4 is 0 Å². The number of esters is 1. The predicted octanol–water partition coefficient (Wildman–Crippen LogP) is 4.89. The minimum Gasteiger partial charge on any atom is -0.466 e. The molecular weight excluding hydrogens is 350 g/mol. The fraction of sp³-hybridized carbons (Fsp3) is 0.417. The van der Waals surface area contributed by atoms with Crippen LogP contribution in [0.4, 0.5) is 0 Å². The van der Waals surface area contributed by atoms with Crippen LogP contribution in [0.3, 0.4) is 0 Å². The van der Waals surface area contributed by atoms with E-state index >= 15 is 0 Å². The van der Waals surface area contributed by atoms with Gasteiger partial charge in [0, 0.05) is 18.7 Å². The summed E-state index contributed by atoms with van der Waals surface area (Å²) in [6.07, 6.45) is 0.186. The number of benzene rings is 2. The van der Waals surface area contributed by atoms with Crippen molar-refractivity contribution in [2.75, 3.05) is 13.2 Å². The van der Waals surface area contributed by atoms with E-state index in [0.29, 0.717) is 25.3 Å². The quantitative estimate of drug-likeness (QED) is 0.642. The summed E-state index contributed by atoms with van der Waals surface area (Å²) in [5.41, 5.74) is 4.05. The van der Waals surface area contributed by atoms with Gasteiger partial charge in [0.15, 0.2) is 0 Å². The van der Waals surface area contributed by atoms with Crippen molar-refractivity contribution in [2.45, 2.75) is 53.0 Å². The smallest absolute Gasteiger partial charge is 0.307 e. The van der Waals surface area contributed by atoms with Crippen molar-refractivity contribution in [2.24, 2.45) is 0 Å². The van der Waals surface area contributed by atoms with E-state index in [0.717, 1.165) is 5.56 Å². The van der Waals surface area contributed by atoms with Crippen LogP contribution in [0.25, 0.3) is 0 Å². The zero-order valence-electron chi connectivity index (χ0n) is 17.6. The topological polar surface area (TPSA) is 46.6 Å². The van der Waals surface area contributed by atoms with Gasteiger partial charge in [0.05, 0.1) is 13.0 Å². The molecule has 0 radical (unpaired) electrons. The Morgan fingerprint density at radius 3 is 2.11 bits per heavy atom. The molecule has 4 heteroatoms. The second-order valence-electron chi connectivity index (χ2n) is 8.09. The molecule has 0 aliphatic carbocycles. The van der Waals surface area contributed by atoms with Crippen molar-refractivity contribution in [1.29, 1.82) is 0 Å². The maximum atomic E-state index is 13.1. The van der Waals surface area contributed by atoms with Crippen molar-refractivity contribution in [3.63, 3.8) is 0 Å². The Kier molecular flexibility index (Phi) is 7.38. The fourth-order valence-electron chi connectivity index (χ4n) is 2.92. The normalized spacial score (nSPS) is 11.2. The molecule has 0 saturated heterocycles. The van der Waals surface area contributed by atoms with Gasteiger partial charge in [0.1, 0.15) is 0 Å². The molecule has 0 bridgehead atoms. The Labute approximate surface area is 168 Å². The first-order chi connectivity index (χ1) is 13.2. The number of carbonyl (C=O) groups is 2. The second kappa shape index (κ2) is 9.54.